The van der Waals surface area contributed by atoms with E-state index < -0.39 is 0 Å². The molecular weight excluding hydrogens is 480 g/mol. The summed E-state index contributed by atoms with van der Waals surface area (Å²) < 4.78 is 25.9. The lowest BCUT2D eigenvalue weighted by atomic mass is 10.1. The molecular formula is C24H25FINO2. The van der Waals surface area contributed by atoms with E-state index in [0.717, 1.165) is 26.1 Å². The molecule has 0 aliphatic heterocycles. The van der Waals surface area contributed by atoms with Crippen molar-refractivity contribution >= 4 is 28.3 Å². The second kappa shape index (κ2) is 9.96. The molecule has 3 aromatic rings. The molecule has 0 aliphatic carbocycles. The maximum atomic E-state index is 13.1. The van der Waals surface area contributed by atoms with Gasteiger partial charge in [-0.15, -0.1) is 0 Å². The van der Waals surface area contributed by atoms with Crippen LogP contribution in [-0.4, -0.2) is 6.61 Å². The second-order valence-corrected chi connectivity index (χ2v) is 8.02. The Bertz CT molecular complexity index is 973. The first-order valence-electron chi connectivity index (χ1n) is 9.60. The number of aryl methyl sites for hydroxylation is 1. The van der Waals surface area contributed by atoms with Crippen LogP contribution in [0, 0.1) is 23.2 Å². The van der Waals surface area contributed by atoms with Gasteiger partial charge in [-0.3, -0.25) is 0 Å². The zero-order valence-corrected chi connectivity index (χ0v) is 19.0. The molecule has 0 bridgehead atoms. The van der Waals surface area contributed by atoms with Crippen molar-refractivity contribution in [2.24, 2.45) is 0 Å². The average Bonchev–Trinajstić information content (AvgIpc) is 2.70. The van der Waals surface area contributed by atoms with Gasteiger partial charge in [-0.1, -0.05) is 24.3 Å². The van der Waals surface area contributed by atoms with E-state index in [9.17, 15) is 4.39 Å². The highest BCUT2D eigenvalue weighted by molar-refractivity contribution is 14.1. The van der Waals surface area contributed by atoms with Crippen LogP contribution in [-0.2, 0) is 13.2 Å². The van der Waals surface area contributed by atoms with Crippen molar-refractivity contribution in [3.05, 3.63) is 86.2 Å². The highest BCUT2D eigenvalue weighted by Gasteiger charge is 2.13. The Morgan fingerprint density at radius 2 is 1.72 bits per heavy atom. The molecule has 3 aromatic carbocycles. The summed E-state index contributed by atoms with van der Waals surface area (Å²) in [5.41, 5.74) is 5.68. The van der Waals surface area contributed by atoms with Crippen molar-refractivity contribution in [3.8, 4) is 11.5 Å². The van der Waals surface area contributed by atoms with E-state index in [2.05, 4.69) is 66.0 Å². The molecule has 0 fully saturated rings. The molecule has 152 valence electrons. The molecule has 3 rings (SSSR count). The van der Waals surface area contributed by atoms with Crippen molar-refractivity contribution < 1.29 is 13.9 Å². The zero-order chi connectivity index (χ0) is 20.8. The van der Waals surface area contributed by atoms with Crippen LogP contribution in [0.5, 0.6) is 11.5 Å². The number of anilines is 1. The largest absolute Gasteiger partial charge is 0.490 e. The topological polar surface area (TPSA) is 30.5 Å². The fourth-order valence-corrected chi connectivity index (χ4v) is 3.82. The number of nitrogens with one attached hydrogen (secondary N) is 1. The maximum Gasteiger partial charge on any atom is 0.174 e. The van der Waals surface area contributed by atoms with Gasteiger partial charge < -0.3 is 14.8 Å². The van der Waals surface area contributed by atoms with Crippen LogP contribution in [0.1, 0.15) is 29.2 Å². The van der Waals surface area contributed by atoms with Crippen LogP contribution < -0.4 is 14.8 Å². The Morgan fingerprint density at radius 1 is 0.966 bits per heavy atom. The van der Waals surface area contributed by atoms with E-state index in [0.29, 0.717) is 25.5 Å². The summed E-state index contributed by atoms with van der Waals surface area (Å²) >= 11 is 2.27. The van der Waals surface area contributed by atoms with E-state index in [4.69, 9.17) is 9.47 Å². The summed E-state index contributed by atoms with van der Waals surface area (Å²) in [7, 11) is 0. The van der Waals surface area contributed by atoms with Crippen molar-refractivity contribution in [3.63, 3.8) is 0 Å². The van der Waals surface area contributed by atoms with Gasteiger partial charge >= 0.3 is 0 Å². The molecule has 0 spiro atoms. The molecule has 0 aromatic heterocycles. The number of halogens is 2. The minimum Gasteiger partial charge on any atom is -0.490 e. The minimum absolute atomic E-state index is 0.251. The highest BCUT2D eigenvalue weighted by Crippen LogP contribution is 2.35. The van der Waals surface area contributed by atoms with Gasteiger partial charge in [0.2, 0.25) is 0 Å². The van der Waals surface area contributed by atoms with Gasteiger partial charge in [-0.05, 0) is 95.9 Å². The molecule has 3 nitrogen and oxygen atoms in total. The van der Waals surface area contributed by atoms with Gasteiger partial charge in [0.15, 0.2) is 11.5 Å². The average molecular weight is 505 g/mol. The third-order valence-corrected chi connectivity index (χ3v) is 5.55. The zero-order valence-electron chi connectivity index (χ0n) is 16.9. The van der Waals surface area contributed by atoms with Gasteiger partial charge in [0.1, 0.15) is 12.4 Å². The molecule has 0 unspecified atom stereocenters. The molecule has 1 N–H and O–H groups in total. The molecule has 29 heavy (non-hydrogen) atoms. The number of benzene rings is 3. The molecule has 0 heterocycles. The predicted octanol–water partition coefficient (Wildman–Crippen LogP) is 6.64. The van der Waals surface area contributed by atoms with Crippen LogP contribution in [0.4, 0.5) is 10.1 Å². The molecule has 0 aliphatic rings. The lowest BCUT2D eigenvalue weighted by molar-refractivity contribution is 0.267. The summed E-state index contributed by atoms with van der Waals surface area (Å²) in [5.74, 6) is 1.19. The first kappa shape index (κ1) is 21.4. The normalized spacial score (nSPS) is 10.7. The summed E-state index contributed by atoms with van der Waals surface area (Å²) in [6.45, 7) is 7.80. The maximum absolute atomic E-state index is 13.1. The van der Waals surface area contributed by atoms with Gasteiger partial charge in [0.25, 0.3) is 0 Å². The van der Waals surface area contributed by atoms with Crippen molar-refractivity contribution in [1.29, 1.82) is 0 Å². The predicted molar refractivity (Wildman–Crippen MR) is 124 cm³/mol. The van der Waals surface area contributed by atoms with Crippen molar-refractivity contribution in [1.82, 2.24) is 0 Å². The van der Waals surface area contributed by atoms with Gasteiger partial charge in [-0.2, -0.15) is 0 Å². The smallest absolute Gasteiger partial charge is 0.174 e. The van der Waals surface area contributed by atoms with Gasteiger partial charge in [0.05, 0.1) is 10.2 Å². The van der Waals surface area contributed by atoms with E-state index in [1.54, 1.807) is 12.1 Å². The molecule has 0 saturated heterocycles. The van der Waals surface area contributed by atoms with Crippen LogP contribution in [0.3, 0.4) is 0 Å². The fourth-order valence-electron chi connectivity index (χ4n) is 3.00. The third kappa shape index (κ3) is 5.63. The SMILES string of the molecule is CCOc1cc(CNc2cccc(C)c2C)cc(I)c1OCc1ccc(F)cc1. The Morgan fingerprint density at radius 3 is 2.45 bits per heavy atom. The Balaban J connectivity index is 1.76. The van der Waals surface area contributed by atoms with Crippen LogP contribution in [0.15, 0.2) is 54.6 Å². The lowest BCUT2D eigenvalue weighted by Gasteiger charge is -2.17. The summed E-state index contributed by atoms with van der Waals surface area (Å²) in [5, 5.41) is 3.51. The van der Waals surface area contributed by atoms with E-state index in [1.807, 2.05) is 13.0 Å². The van der Waals surface area contributed by atoms with Gasteiger partial charge in [-0.25, -0.2) is 4.39 Å². The van der Waals surface area contributed by atoms with Crippen LogP contribution in [0.25, 0.3) is 0 Å². The first-order valence-corrected chi connectivity index (χ1v) is 10.7. The number of hydrogen-bond acceptors (Lipinski definition) is 3. The Labute approximate surface area is 185 Å². The quantitative estimate of drug-likeness (QED) is 0.349. The molecule has 0 saturated carbocycles. The molecule has 0 amide bonds. The fraction of sp³-hybridized carbons (Fsp3) is 0.250. The summed E-state index contributed by atoms with van der Waals surface area (Å²) in [6, 6.07) is 16.7. The third-order valence-electron chi connectivity index (χ3n) is 4.75. The first-order chi connectivity index (χ1) is 14.0. The number of ether oxygens (including phenoxy) is 2. The van der Waals surface area contributed by atoms with Crippen LogP contribution >= 0.6 is 22.6 Å². The Hall–Kier alpha value is -2.28. The van der Waals surface area contributed by atoms with E-state index >= 15 is 0 Å². The molecule has 5 heteroatoms. The monoisotopic (exact) mass is 505 g/mol. The summed E-state index contributed by atoms with van der Waals surface area (Å²) in [6.07, 6.45) is 0. The minimum atomic E-state index is -0.251. The number of rotatable bonds is 8. The molecule has 0 radical (unpaired) electrons. The highest BCUT2D eigenvalue weighted by atomic mass is 127. The van der Waals surface area contributed by atoms with Crippen LogP contribution in [0.2, 0.25) is 0 Å². The van der Waals surface area contributed by atoms with E-state index in [-0.39, 0.29) is 5.82 Å². The van der Waals surface area contributed by atoms with Gasteiger partial charge in [0, 0.05) is 12.2 Å². The standard InChI is InChI=1S/C24H25FINO2/c1-4-28-23-13-19(14-27-22-7-5-6-16(2)17(22)3)12-21(26)24(23)29-15-18-8-10-20(25)11-9-18/h5-13,27H,4,14-15H2,1-3H3. The summed E-state index contributed by atoms with van der Waals surface area (Å²) in [4.78, 5) is 0. The number of hydrogen-bond donors (Lipinski definition) is 1. The van der Waals surface area contributed by atoms with Crippen molar-refractivity contribution in [2.75, 3.05) is 11.9 Å². The Kier molecular flexibility index (Phi) is 7.36. The lowest BCUT2D eigenvalue weighted by Crippen LogP contribution is -2.05. The van der Waals surface area contributed by atoms with Crippen molar-refractivity contribution in [2.45, 2.75) is 33.9 Å². The molecule has 0 atom stereocenters. The second-order valence-electron chi connectivity index (χ2n) is 6.85. The van der Waals surface area contributed by atoms with E-state index in [1.165, 1.54) is 23.3 Å².